The van der Waals surface area contributed by atoms with Crippen molar-refractivity contribution in [3.63, 3.8) is 0 Å². The molecule has 0 saturated heterocycles. The van der Waals surface area contributed by atoms with Crippen LogP contribution in [0.2, 0.25) is 0 Å². The number of rotatable bonds is 3. The Hall–Kier alpha value is 0.794. The average molecular weight is 439 g/mol. The Morgan fingerprint density at radius 2 is 1.00 bits per heavy atom. The second-order valence-electron chi connectivity index (χ2n) is 5.23. The molecule has 2 aliphatic carbocycles. The molecule has 0 aliphatic heterocycles. The van der Waals surface area contributed by atoms with Gasteiger partial charge in [0.15, 0.2) is 0 Å². The molecule has 19 heavy (non-hydrogen) atoms. The van der Waals surface area contributed by atoms with E-state index in [1.807, 2.05) is 12.4 Å². The van der Waals surface area contributed by atoms with Crippen LogP contribution in [0.5, 0.6) is 0 Å². The van der Waals surface area contributed by atoms with Gasteiger partial charge < -0.3 is 0 Å². The molecular formula is C14H24Br2N2Ni. The summed E-state index contributed by atoms with van der Waals surface area (Å²) in [6, 6.07) is 1.18. The molecule has 5 heteroatoms. The monoisotopic (exact) mass is 436 g/mol. The summed E-state index contributed by atoms with van der Waals surface area (Å²) in [5.41, 5.74) is 0. The topological polar surface area (TPSA) is 24.7 Å². The van der Waals surface area contributed by atoms with E-state index in [4.69, 9.17) is 0 Å². The Kier molecular flexibility index (Phi) is 11.8. The first-order chi connectivity index (χ1) is 9.36. The van der Waals surface area contributed by atoms with Crippen molar-refractivity contribution in [2.24, 2.45) is 9.98 Å². The molecule has 0 N–H and O–H groups in total. The summed E-state index contributed by atoms with van der Waals surface area (Å²) < 4.78 is 0. The molecule has 0 atom stereocenters. The van der Waals surface area contributed by atoms with Crippen molar-refractivity contribution in [2.75, 3.05) is 0 Å². The van der Waals surface area contributed by atoms with Gasteiger partial charge in [-0.05, 0) is 25.7 Å². The van der Waals surface area contributed by atoms with E-state index in [1.54, 1.807) is 0 Å². The predicted molar refractivity (Wildman–Crippen MR) is 88.6 cm³/mol. The molecule has 2 saturated carbocycles. The minimum absolute atomic E-state index is 0.589. The average Bonchev–Trinajstić information content (AvgIpc) is 2.47. The van der Waals surface area contributed by atoms with Crippen LogP contribution in [0.25, 0.3) is 0 Å². The Morgan fingerprint density at radius 1 is 0.684 bits per heavy atom. The van der Waals surface area contributed by atoms with Gasteiger partial charge in [-0.2, -0.15) is 0 Å². The minimum atomic E-state index is 0.589. The van der Waals surface area contributed by atoms with E-state index in [0.29, 0.717) is 12.1 Å². The third kappa shape index (κ3) is 9.36. The Balaban J connectivity index is 0.000000550. The van der Waals surface area contributed by atoms with Gasteiger partial charge in [0.25, 0.3) is 0 Å². The molecule has 0 radical (unpaired) electrons. The molecule has 2 fully saturated rings. The number of aliphatic imine (C=N–C) groups is 2. The second-order valence-corrected chi connectivity index (χ2v) is 10.2. The summed E-state index contributed by atoms with van der Waals surface area (Å²) in [4.78, 5) is 9.19. The zero-order valence-corrected chi connectivity index (χ0v) is 15.5. The van der Waals surface area contributed by atoms with Crippen molar-refractivity contribution >= 4 is 40.9 Å². The van der Waals surface area contributed by atoms with Gasteiger partial charge in [-0.25, -0.2) is 0 Å². The van der Waals surface area contributed by atoms with Crippen molar-refractivity contribution in [3.05, 3.63) is 0 Å². The molecule has 0 spiro atoms. The second kappa shape index (κ2) is 12.5. The Labute approximate surface area is 137 Å². The van der Waals surface area contributed by atoms with Gasteiger partial charge in [-0.1, -0.05) is 38.5 Å². The van der Waals surface area contributed by atoms with Crippen molar-refractivity contribution in [2.45, 2.75) is 76.3 Å². The molecule has 0 heterocycles. The van der Waals surface area contributed by atoms with E-state index in [1.165, 1.54) is 75.1 Å². The van der Waals surface area contributed by atoms with Crippen LogP contribution in [-0.4, -0.2) is 24.5 Å². The number of nitrogens with zero attached hydrogens (tertiary/aromatic N) is 2. The zero-order chi connectivity index (χ0) is 13.8. The van der Waals surface area contributed by atoms with Gasteiger partial charge in [-0.15, -0.1) is 0 Å². The normalized spacial score (nSPS) is 22.8. The van der Waals surface area contributed by atoms with E-state index >= 15 is 0 Å². The summed E-state index contributed by atoms with van der Waals surface area (Å²) in [6.07, 6.45) is 17.3. The van der Waals surface area contributed by atoms with E-state index < -0.39 is 0 Å². The fourth-order valence-electron chi connectivity index (χ4n) is 2.78. The molecule has 0 unspecified atom stereocenters. The molecule has 0 aromatic carbocycles. The van der Waals surface area contributed by atoms with E-state index in [0.717, 1.165) is 0 Å². The zero-order valence-electron chi connectivity index (χ0n) is 11.3. The summed E-state index contributed by atoms with van der Waals surface area (Å²) in [6.45, 7) is 0. The van der Waals surface area contributed by atoms with Gasteiger partial charge >= 0.3 is 39.3 Å². The van der Waals surface area contributed by atoms with Gasteiger partial charge in [0.2, 0.25) is 0 Å². The quantitative estimate of drug-likeness (QED) is 0.411. The number of halogens is 2. The van der Waals surface area contributed by atoms with Crippen LogP contribution in [0.3, 0.4) is 0 Å². The molecule has 0 aromatic rings. The molecule has 2 aliphatic rings. The summed E-state index contributed by atoms with van der Waals surface area (Å²) in [7, 11) is 1.25. The SMILES string of the molecule is C(C=NC1CCCCC1)=NC1CCCCC1.[Br][Ni][Br]. The van der Waals surface area contributed by atoms with E-state index in [-0.39, 0.29) is 0 Å². The van der Waals surface area contributed by atoms with Gasteiger partial charge in [0.1, 0.15) is 0 Å². The molecule has 0 bridgehead atoms. The van der Waals surface area contributed by atoms with Crippen molar-refractivity contribution in [1.29, 1.82) is 0 Å². The molecule has 0 amide bonds. The van der Waals surface area contributed by atoms with E-state index in [9.17, 15) is 0 Å². The summed E-state index contributed by atoms with van der Waals surface area (Å²) in [5.74, 6) is 0. The molecule has 0 aromatic heterocycles. The number of hydrogen-bond acceptors (Lipinski definition) is 2. The van der Waals surface area contributed by atoms with Crippen molar-refractivity contribution in [3.8, 4) is 0 Å². The third-order valence-electron chi connectivity index (χ3n) is 3.81. The van der Waals surface area contributed by atoms with Crippen LogP contribution in [0.1, 0.15) is 64.2 Å². The summed E-state index contributed by atoms with van der Waals surface area (Å²) in [5, 5.41) is 0. The van der Waals surface area contributed by atoms with Crippen molar-refractivity contribution < 1.29 is 10.9 Å². The molecule has 114 valence electrons. The number of hydrogen-bond donors (Lipinski definition) is 0. The fourth-order valence-corrected chi connectivity index (χ4v) is 2.78. The molecule has 2 nitrogen and oxygen atoms in total. The predicted octanol–water partition coefficient (Wildman–Crippen LogP) is 5.48. The molecule has 2 rings (SSSR count). The van der Waals surface area contributed by atoms with Crippen LogP contribution >= 0.6 is 28.5 Å². The summed E-state index contributed by atoms with van der Waals surface area (Å²) >= 11 is 6.00. The maximum absolute atomic E-state index is 4.59. The Morgan fingerprint density at radius 3 is 1.32 bits per heavy atom. The van der Waals surface area contributed by atoms with Crippen LogP contribution in [-0.2, 0) is 10.9 Å². The Bertz CT molecular complexity index is 234. The van der Waals surface area contributed by atoms with Gasteiger partial charge in [-0.3, -0.25) is 9.98 Å². The van der Waals surface area contributed by atoms with E-state index in [2.05, 4.69) is 38.4 Å². The van der Waals surface area contributed by atoms with Gasteiger partial charge in [0, 0.05) is 24.5 Å². The van der Waals surface area contributed by atoms with Crippen LogP contribution in [0, 0.1) is 0 Å². The molecular weight excluding hydrogens is 415 g/mol. The first-order valence-electron chi connectivity index (χ1n) is 7.24. The third-order valence-corrected chi connectivity index (χ3v) is 3.81. The van der Waals surface area contributed by atoms with Gasteiger partial charge in [0.05, 0.1) is 0 Å². The first-order valence-corrected chi connectivity index (χ1v) is 12.1. The van der Waals surface area contributed by atoms with Crippen LogP contribution in [0.15, 0.2) is 9.98 Å². The maximum atomic E-state index is 4.59. The first kappa shape index (κ1) is 17.8. The van der Waals surface area contributed by atoms with Crippen LogP contribution in [0.4, 0.5) is 0 Å². The van der Waals surface area contributed by atoms with Crippen molar-refractivity contribution in [1.82, 2.24) is 0 Å². The fraction of sp³-hybridized carbons (Fsp3) is 0.857. The standard InChI is InChI=1S/C14H24N2.2BrH.Ni/c1-3-7-13(8-4-1)15-11-12-16-14-9-5-2-6-10-14;;;/h11-14H,1-10H2;2*1H;/q;;;+2/p-2. The van der Waals surface area contributed by atoms with Crippen LogP contribution < -0.4 is 0 Å².